The van der Waals surface area contributed by atoms with Crippen molar-refractivity contribution in [2.75, 3.05) is 37.6 Å². The molecule has 0 atom stereocenters. The van der Waals surface area contributed by atoms with Crippen molar-refractivity contribution in [3.05, 3.63) is 68.7 Å². The molecule has 3 heterocycles. The van der Waals surface area contributed by atoms with Gasteiger partial charge in [-0.25, -0.2) is 9.78 Å². The Morgan fingerprint density at radius 1 is 1.00 bits per heavy atom. The first-order valence-electron chi connectivity index (χ1n) is 16.3. The predicted molar refractivity (Wildman–Crippen MR) is 182 cm³/mol. The number of ether oxygens (including phenoxy) is 1. The van der Waals surface area contributed by atoms with Crippen molar-refractivity contribution in [2.45, 2.75) is 84.5 Å². The minimum Gasteiger partial charge on any atom is -0.456 e. The Labute approximate surface area is 276 Å². The minimum atomic E-state index is -0.597. The zero-order valence-corrected chi connectivity index (χ0v) is 27.9. The molecule has 0 spiro atoms. The van der Waals surface area contributed by atoms with E-state index in [9.17, 15) is 14.4 Å². The van der Waals surface area contributed by atoms with Crippen LogP contribution in [0.1, 0.15) is 81.0 Å². The Hall–Kier alpha value is -3.87. The Morgan fingerprint density at radius 3 is 2.28 bits per heavy atom. The van der Waals surface area contributed by atoms with Crippen LogP contribution in [-0.4, -0.2) is 69.6 Å². The lowest BCUT2D eigenvalue weighted by Gasteiger charge is -2.29. The SMILES string of the molecule is C#CCN(Cc1cc2c(=O)n(CC(=O)N3CCCCC3)c(CN3CCCCC3)nc2cc1Cl)c1ccc(C(=O)OC(C)(C)C)cc1. The number of aromatic nitrogens is 2. The topological polar surface area (TPSA) is 88.0 Å². The molecule has 2 saturated heterocycles. The highest BCUT2D eigenvalue weighted by atomic mass is 35.5. The lowest BCUT2D eigenvalue weighted by molar-refractivity contribution is -0.132. The third-order valence-electron chi connectivity index (χ3n) is 8.53. The van der Waals surface area contributed by atoms with Crippen molar-refractivity contribution in [3.63, 3.8) is 0 Å². The van der Waals surface area contributed by atoms with Gasteiger partial charge < -0.3 is 14.5 Å². The molecule has 0 radical (unpaired) electrons. The van der Waals surface area contributed by atoms with Gasteiger partial charge in [0, 0.05) is 30.3 Å². The van der Waals surface area contributed by atoms with Crippen LogP contribution in [0.3, 0.4) is 0 Å². The Bertz CT molecular complexity index is 1660. The highest BCUT2D eigenvalue weighted by molar-refractivity contribution is 6.32. The maximum atomic E-state index is 14.2. The van der Waals surface area contributed by atoms with Crippen molar-refractivity contribution in [2.24, 2.45) is 0 Å². The third-order valence-corrected chi connectivity index (χ3v) is 8.88. The summed E-state index contributed by atoms with van der Waals surface area (Å²) in [5, 5.41) is 0.882. The summed E-state index contributed by atoms with van der Waals surface area (Å²) < 4.78 is 7.06. The molecule has 0 aliphatic carbocycles. The molecule has 2 aliphatic rings. The number of halogens is 1. The Balaban J connectivity index is 1.46. The van der Waals surface area contributed by atoms with Crippen LogP contribution < -0.4 is 10.5 Å². The van der Waals surface area contributed by atoms with E-state index in [1.54, 1.807) is 28.8 Å². The number of amides is 1. The Morgan fingerprint density at radius 2 is 1.65 bits per heavy atom. The van der Waals surface area contributed by atoms with Crippen LogP contribution in [0.2, 0.25) is 5.02 Å². The first-order chi connectivity index (χ1) is 22.0. The molecular weight excluding hydrogens is 602 g/mol. The number of fused-ring (bicyclic) bond motifs is 1. The fraction of sp³-hybridized carbons (Fsp3) is 0.500. The van der Waals surface area contributed by atoms with E-state index in [0.29, 0.717) is 46.0 Å². The van der Waals surface area contributed by atoms with Gasteiger partial charge in [0.15, 0.2) is 0 Å². The molecule has 10 heteroatoms. The van der Waals surface area contributed by atoms with Crippen LogP contribution >= 0.6 is 11.6 Å². The first-order valence-corrected chi connectivity index (χ1v) is 16.6. The number of terminal acetylenes is 1. The van der Waals surface area contributed by atoms with E-state index in [1.165, 1.54) is 6.42 Å². The number of nitrogens with zero attached hydrogens (tertiary/aromatic N) is 5. The number of anilines is 1. The minimum absolute atomic E-state index is 0.0316. The number of carbonyl (C=O) groups excluding carboxylic acids is 2. The van der Waals surface area contributed by atoms with E-state index in [0.717, 1.165) is 64.0 Å². The van der Waals surface area contributed by atoms with E-state index in [1.807, 2.05) is 42.7 Å². The number of rotatable bonds is 9. The van der Waals surface area contributed by atoms with Gasteiger partial charge >= 0.3 is 5.97 Å². The zero-order valence-electron chi connectivity index (χ0n) is 27.2. The zero-order chi connectivity index (χ0) is 32.8. The molecule has 244 valence electrons. The molecule has 3 aromatic rings. The van der Waals surface area contributed by atoms with Gasteiger partial charge in [-0.3, -0.25) is 19.1 Å². The van der Waals surface area contributed by atoms with Crippen LogP contribution in [0, 0.1) is 12.3 Å². The van der Waals surface area contributed by atoms with Gasteiger partial charge in [-0.1, -0.05) is 23.9 Å². The summed E-state index contributed by atoms with van der Waals surface area (Å²) >= 11 is 6.83. The summed E-state index contributed by atoms with van der Waals surface area (Å²) in [7, 11) is 0. The fourth-order valence-electron chi connectivity index (χ4n) is 6.13. The van der Waals surface area contributed by atoms with Gasteiger partial charge in [0.2, 0.25) is 5.91 Å². The number of esters is 1. The van der Waals surface area contributed by atoms with E-state index in [-0.39, 0.29) is 24.6 Å². The van der Waals surface area contributed by atoms with Gasteiger partial charge in [0.05, 0.1) is 29.6 Å². The molecule has 0 unspecified atom stereocenters. The van der Waals surface area contributed by atoms with Gasteiger partial charge in [0.1, 0.15) is 18.0 Å². The van der Waals surface area contributed by atoms with Crippen molar-refractivity contribution in [3.8, 4) is 12.3 Å². The second-order valence-electron chi connectivity index (χ2n) is 13.3. The van der Waals surface area contributed by atoms with Crippen LogP contribution in [0.5, 0.6) is 0 Å². The lowest BCUT2D eigenvalue weighted by Crippen LogP contribution is -2.41. The van der Waals surface area contributed by atoms with Gasteiger partial charge in [-0.05, 0) is 108 Å². The quantitative estimate of drug-likeness (QED) is 0.220. The van der Waals surface area contributed by atoms with E-state index in [4.69, 9.17) is 27.7 Å². The number of hydrogen-bond acceptors (Lipinski definition) is 7. The smallest absolute Gasteiger partial charge is 0.338 e. The molecule has 2 aliphatic heterocycles. The van der Waals surface area contributed by atoms with Gasteiger partial charge in [0.25, 0.3) is 5.56 Å². The molecule has 5 rings (SSSR count). The summed E-state index contributed by atoms with van der Waals surface area (Å²) in [5.41, 5.74) is 1.61. The monoisotopic (exact) mass is 645 g/mol. The Kier molecular flexibility index (Phi) is 10.7. The van der Waals surface area contributed by atoms with Crippen LogP contribution in [0.4, 0.5) is 5.69 Å². The van der Waals surface area contributed by atoms with E-state index in [2.05, 4.69) is 10.8 Å². The number of likely N-dealkylation sites (tertiary alicyclic amines) is 2. The highest BCUT2D eigenvalue weighted by Gasteiger charge is 2.23. The van der Waals surface area contributed by atoms with Crippen LogP contribution in [0.15, 0.2) is 41.2 Å². The largest absolute Gasteiger partial charge is 0.456 e. The molecule has 0 N–H and O–H groups in total. The van der Waals surface area contributed by atoms with Crippen LogP contribution in [-0.2, 0) is 29.2 Å². The van der Waals surface area contributed by atoms with Crippen LogP contribution in [0.25, 0.3) is 10.9 Å². The van der Waals surface area contributed by atoms with Gasteiger partial charge in [-0.15, -0.1) is 6.42 Å². The standard InChI is InChI=1S/C36H44ClN5O4/c1-5-16-41(28-14-12-26(13-15-28)35(45)46-36(2,3)4)23-27-21-29-31(22-30(27)37)38-32(24-39-17-8-6-9-18-39)42(34(29)44)25-33(43)40-19-10-7-11-20-40/h1,12-15,21-22H,6-11,16-20,23-25H2,2-4H3. The number of carbonyl (C=O) groups is 2. The summed E-state index contributed by atoms with van der Waals surface area (Å²) in [6.45, 7) is 9.89. The predicted octanol–water partition coefficient (Wildman–Crippen LogP) is 5.64. The maximum Gasteiger partial charge on any atom is 0.338 e. The molecule has 1 amide bonds. The summed E-state index contributed by atoms with van der Waals surface area (Å²) in [6.07, 6.45) is 12.2. The molecule has 2 aromatic carbocycles. The normalized spacial score (nSPS) is 15.8. The van der Waals surface area contributed by atoms with Gasteiger partial charge in [-0.2, -0.15) is 0 Å². The van der Waals surface area contributed by atoms with Crippen molar-refractivity contribution in [1.82, 2.24) is 19.4 Å². The highest BCUT2D eigenvalue weighted by Crippen LogP contribution is 2.27. The lowest BCUT2D eigenvalue weighted by atomic mass is 10.1. The molecular formula is C36H44ClN5O4. The van der Waals surface area contributed by atoms with E-state index >= 15 is 0 Å². The number of hydrogen-bond donors (Lipinski definition) is 0. The van der Waals surface area contributed by atoms with Crippen molar-refractivity contribution < 1.29 is 14.3 Å². The average molecular weight is 646 g/mol. The summed E-state index contributed by atoms with van der Waals surface area (Å²) in [6, 6.07) is 10.6. The summed E-state index contributed by atoms with van der Waals surface area (Å²) in [5.74, 6) is 2.84. The average Bonchev–Trinajstić information content (AvgIpc) is 3.03. The molecule has 46 heavy (non-hydrogen) atoms. The molecule has 0 saturated carbocycles. The molecule has 2 fully saturated rings. The van der Waals surface area contributed by atoms with E-state index < -0.39 is 11.6 Å². The van der Waals surface area contributed by atoms with Crippen molar-refractivity contribution in [1.29, 1.82) is 0 Å². The number of benzene rings is 2. The number of piperidine rings is 2. The van der Waals surface area contributed by atoms with Crippen molar-refractivity contribution >= 4 is 40.1 Å². The first kappa shape index (κ1) is 33.5. The molecule has 1 aromatic heterocycles. The summed E-state index contributed by atoms with van der Waals surface area (Å²) in [4.78, 5) is 51.1. The third kappa shape index (κ3) is 8.28. The maximum absolute atomic E-state index is 14.2. The second kappa shape index (κ2) is 14.7. The fourth-order valence-corrected chi connectivity index (χ4v) is 6.35. The molecule has 9 nitrogen and oxygen atoms in total. The molecule has 0 bridgehead atoms. The second-order valence-corrected chi connectivity index (χ2v) is 13.7.